The molecule has 1 N–H and O–H groups in total. The van der Waals surface area contributed by atoms with E-state index in [4.69, 9.17) is 4.74 Å². The van der Waals surface area contributed by atoms with Crippen LogP contribution < -0.4 is 5.43 Å². The lowest BCUT2D eigenvalue weighted by molar-refractivity contribution is -0.151. The van der Waals surface area contributed by atoms with Crippen molar-refractivity contribution >= 4 is 17.7 Å². The van der Waals surface area contributed by atoms with E-state index in [0.29, 0.717) is 6.42 Å². The Kier molecular flexibility index (Phi) is 3.27. The summed E-state index contributed by atoms with van der Waals surface area (Å²) in [5.74, 6) is -2.06. The van der Waals surface area contributed by atoms with E-state index in [1.165, 1.54) is 0 Å². The zero-order chi connectivity index (χ0) is 16.0. The molecule has 0 radical (unpaired) electrons. The number of fused-ring (bicyclic) bond motifs is 5. The normalized spacial score (nSPS) is 30.9. The Bertz CT molecular complexity index is 670. The van der Waals surface area contributed by atoms with Crippen molar-refractivity contribution in [2.24, 2.45) is 11.8 Å². The molecule has 0 unspecified atom stereocenters. The number of hydrogen-bond acceptors (Lipinski definition) is 4. The van der Waals surface area contributed by atoms with E-state index in [1.807, 2.05) is 42.5 Å². The highest BCUT2D eigenvalue weighted by Gasteiger charge is 2.61. The van der Waals surface area contributed by atoms with Crippen LogP contribution in [0, 0.1) is 11.8 Å². The Morgan fingerprint density at radius 3 is 2.26 bits per heavy atom. The summed E-state index contributed by atoms with van der Waals surface area (Å²) in [6.45, 7) is 0. The van der Waals surface area contributed by atoms with Crippen molar-refractivity contribution in [1.82, 2.24) is 10.4 Å². The molecule has 118 valence electrons. The van der Waals surface area contributed by atoms with Gasteiger partial charge in [0.2, 0.25) is 5.91 Å². The van der Waals surface area contributed by atoms with E-state index in [1.54, 1.807) is 0 Å². The summed E-state index contributed by atoms with van der Waals surface area (Å²) in [6, 6.07) is 9.60. The fourth-order valence-corrected chi connectivity index (χ4v) is 3.50. The molecule has 0 spiro atoms. The van der Waals surface area contributed by atoms with Gasteiger partial charge in [0.1, 0.15) is 0 Å². The van der Waals surface area contributed by atoms with E-state index in [2.05, 4.69) is 5.43 Å². The van der Waals surface area contributed by atoms with Crippen LogP contribution in [-0.2, 0) is 25.5 Å². The highest BCUT2D eigenvalue weighted by molar-refractivity contribution is 6.07. The largest absolute Gasteiger partial charge is 0.365 e. The second-order valence-corrected chi connectivity index (χ2v) is 6.03. The van der Waals surface area contributed by atoms with E-state index in [0.717, 1.165) is 10.6 Å². The molecule has 23 heavy (non-hydrogen) atoms. The topological polar surface area (TPSA) is 75.7 Å². The van der Waals surface area contributed by atoms with Crippen LogP contribution in [0.4, 0.5) is 0 Å². The molecule has 6 nitrogen and oxygen atoms in total. The van der Waals surface area contributed by atoms with Crippen LogP contribution in [-0.4, -0.2) is 34.9 Å². The van der Waals surface area contributed by atoms with Crippen LogP contribution >= 0.6 is 0 Å². The summed E-state index contributed by atoms with van der Waals surface area (Å²) in [5.41, 5.74) is 3.49. The first-order chi connectivity index (χ1) is 11.1. The molecule has 1 aromatic carbocycles. The second kappa shape index (κ2) is 5.31. The second-order valence-electron chi connectivity index (χ2n) is 6.03. The van der Waals surface area contributed by atoms with Gasteiger partial charge in [0.25, 0.3) is 11.8 Å². The van der Waals surface area contributed by atoms with Gasteiger partial charge in [0.15, 0.2) is 0 Å². The quantitative estimate of drug-likeness (QED) is 0.652. The number of carbonyl (C=O) groups excluding carboxylic acids is 3. The smallest absolute Gasteiger partial charge is 0.255 e. The lowest BCUT2D eigenvalue weighted by atomic mass is 9.85. The van der Waals surface area contributed by atoms with Gasteiger partial charge in [0, 0.05) is 6.42 Å². The van der Waals surface area contributed by atoms with E-state index in [9.17, 15) is 14.4 Å². The molecule has 3 aliphatic heterocycles. The maximum Gasteiger partial charge on any atom is 0.255 e. The zero-order valence-electron chi connectivity index (χ0n) is 12.3. The molecule has 6 heteroatoms. The minimum absolute atomic E-state index is 0.220. The van der Waals surface area contributed by atoms with Gasteiger partial charge in [-0.25, -0.2) is 0 Å². The Morgan fingerprint density at radius 1 is 1.04 bits per heavy atom. The number of benzene rings is 1. The Hall–Kier alpha value is -2.47. The first-order valence-electron chi connectivity index (χ1n) is 7.70. The first-order valence-corrected chi connectivity index (χ1v) is 7.70. The molecule has 0 aromatic heterocycles. The summed E-state index contributed by atoms with van der Waals surface area (Å²) in [7, 11) is 0. The van der Waals surface area contributed by atoms with Crippen molar-refractivity contribution in [2.45, 2.75) is 25.0 Å². The predicted molar refractivity (Wildman–Crippen MR) is 79.5 cm³/mol. The van der Waals surface area contributed by atoms with Crippen LogP contribution in [0.5, 0.6) is 0 Å². The molecule has 3 amide bonds. The van der Waals surface area contributed by atoms with Gasteiger partial charge in [-0.3, -0.25) is 19.8 Å². The number of imide groups is 1. The van der Waals surface area contributed by atoms with Crippen molar-refractivity contribution in [1.29, 1.82) is 0 Å². The number of nitrogens with one attached hydrogen (secondary N) is 1. The van der Waals surface area contributed by atoms with Crippen LogP contribution in [0.3, 0.4) is 0 Å². The predicted octanol–water partition coefficient (Wildman–Crippen LogP) is 0.589. The third kappa shape index (κ3) is 2.26. The van der Waals surface area contributed by atoms with Crippen LogP contribution in [0.2, 0.25) is 0 Å². The van der Waals surface area contributed by atoms with Crippen LogP contribution in [0.15, 0.2) is 42.5 Å². The van der Waals surface area contributed by atoms with Crippen LogP contribution in [0.1, 0.15) is 12.0 Å². The standard InChI is InChI=1S/C17H16N2O4/c20-13(9-6-10-4-2-1-3-5-10)18-19-16(21)14-11-7-8-12(23-11)15(14)17(19)22/h1-5,7-8,11-12,14-15H,6,9H2,(H,18,20)/t11-,12-,14+,15+/m1/s1. The first kappa shape index (κ1) is 14.1. The highest BCUT2D eigenvalue weighted by Crippen LogP contribution is 2.44. The molecule has 4 rings (SSSR count). The van der Waals surface area contributed by atoms with Gasteiger partial charge in [-0.2, -0.15) is 5.01 Å². The number of nitrogens with zero attached hydrogens (tertiary/aromatic N) is 1. The Labute approximate surface area is 133 Å². The fraction of sp³-hybridized carbons (Fsp3) is 0.353. The van der Waals surface area contributed by atoms with Crippen molar-refractivity contribution in [3.05, 3.63) is 48.0 Å². The van der Waals surface area contributed by atoms with Gasteiger partial charge < -0.3 is 4.74 Å². The number of amides is 3. The molecule has 2 fully saturated rings. The van der Waals surface area contributed by atoms with Crippen molar-refractivity contribution < 1.29 is 19.1 Å². The number of carbonyl (C=O) groups is 3. The minimum atomic E-state index is -0.494. The monoisotopic (exact) mass is 312 g/mol. The molecular formula is C17H16N2O4. The van der Waals surface area contributed by atoms with Crippen molar-refractivity contribution in [2.75, 3.05) is 0 Å². The van der Waals surface area contributed by atoms with Gasteiger partial charge in [0.05, 0.1) is 24.0 Å². The van der Waals surface area contributed by atoms with Gasteiger partial charge >= 0.3 is 0 Å². The SMILES string of the molecule is O=C(CCc1ccccc1)NN1C(=O)[C@@H]2[C@@H](C1=O)[C@H]1C=C[C@H]2O1. The van der Waals surface area contributed by atoms with E-state index >= 15 is 0 Å². The molecule has 1 aromatic rings. The van der Waals surface area contributed by atoms with E-state index < -0.39 is 11.8 Å². The number of rotatable bonds is 4. The molecule has 3 heterocycles. The van der Waals surface area contributed by atoms with Gasteiger partial charge in [-0.05, 0) is 12.0 Å². The highest BCUT2D eigenvalue weighted by atomic mass is 16.5. The lowest BCUT2D eigenvalue weighted by Gasteiger charge is -2.18. The van der Waals surface area contributed by atoms with Crippen molar-refractivity contribution in [3.63, 3.8) is 0 Å². The maximum atomic E-state index is 12.4. The van der Waals surface area contributed by atoms with Gasteiger partial charge in [-0.1, -0.05) is 42.5 Å². The summed E-state index contributed by atoms with van der Waals surface area (Å²) in [4.78, 5) is 36.8. The fourth-order valence-electron chi connectivity index (χ4n) is 3.50. The number of ether oxygens (including phenoxy) is 1. The Balaban J connectivity index is 1.39. The third-order valence-corrected chi connectivity index (χ3v) is 4.63. The van der Waals surface area contributed by atoms with Crippen LogP contribution in [0.25, 0.3) is 0 Å². The average molecular weight is 312 g/mol. The maximum absolute atomic E-state index is 12.4. The molecule has 0 saturated carbocycles. The number of hydrazine groups is 1. The molecular weight excluding hydrogens is 296 g/mol. The average Bonchev–Trinajstić information content (AvgIpc) is 3.24. The van der Waals surface area contributed by atoms with E-state index in [-0.39, 0.29) is 36.4 Å². The summed E-state index contributed by atoms with van der Waals surface area (Å²) in [6.07, 6.45) is 3.74. The number of hydrogen-bond donors (Lipinski definition) is 1. The summed E-state index contributed by atoms with van der Waals surface area (Å²) in [5, 5.41) is 0.887. The molecule has 0 aliphatic carbocycles. The van der Waals surface area contributed by atoms with Crippen molar-refractivity contribution in [3.8, 4) is 0 Å². The molecule has 4 atom stereocenters. The molecule has 2 saturated heterocycles. The zero-order valence-corrected chi connectivity index (χ0v) is 12.3. The third-order valence-electron chi connectivity index (χ3n) is 4.63. The minimum Gasteiger partial charge on any atom is -0.365 e. The van der Waals surface area contributed by atoms with Gasteiger partial charge in [-0.15, -0.1) is 0 Å². The summed E-state index contributed by atoms with van der Waals surface area (Å²) < 4.78 is 5.55. The molecule has 2 bridgehead atoms. The lowest BCUT2D eigenvalue weighted by Crippen LogP contribution is -2.48. The summed E-state index contributed by atoms with van der Waals surface area (Å²) >= 11 is 0. The molecule has 3 aliphatic rings. The Morgan fingerprint density at radius 2 is 1.65 bits per heavy atom. The number of aryl methyl sites for hydroxylation is 1.